The van der Waals surface area contributed by atoms with Crippen molar-refractivity contribution in [2.75, 3.05) is 6.61 Å². The van der Waals surface area contributed by atoms with Gasteiger partial charge in [-0.1, -0.05) is 116 Å². The lowest BCUT2D eigenvalue weighted by Gasteiger charge is -2.21. The van der Waals surface area contributed by atoms with Crippen LogP contribution in [0.25, 0.3) is 83.3 Å². The molecule has 0 amide bonds. The monoisotopic (exact) mass is 763 g/mol. The fourth-order valence-corrected chi connectivity index (χ4v) is 8.87. The second-order valence-electron chi connectivity index (χ2n) is 15.4. The number of hydrogen-bond acceptors (Lipinski definition) is 6. The van der Waals surface area contributed by atoms with Crippen LogP contribution in [0.2, 0.25) is 0 Å². The molecule has 9 aromatic rings. The van der Waals surface area contributed by atoms with Gasteiger partial charge >= 0.3 is 0 Å². The van der Waals surface area contributed by atoms with Gasteiger partial charge in [0.25, 0.3) is 0 Å². The van der Waals surface area contributed by atoms with Gasteiger partial charge in [-0.05, 0) is 58.7 Å². The summed E-state index contributed by atoms with van der Waals surface area (Å²) >= 11 is 0. The summed E-state index contributed by atoms with van der Waals surface area (Å²) in [6.07, 6.45) is 0. The van der Waals surface area contributed by atoms with Crippen LogP contribution >= 0.6 is 0 Å². The van der Waals surface area contributed by atoms with Crippen LogP contribution < -0.4 is 0 Å². The molecule has 280 valence electrons. The fourth-order valence-electron chi connectivity index (χ4n) is 8.87. The molecule has 0 unspecified atom stereocenters. The molecule has 59 heavy (non-hydrogen) atoms. The van der Waals surface area contributed by atoms with E-state index in [1.807, 2.05) is 65.2 Å². The Bertz CT molecular complexity index is 3310. The van der Waals surface area contributed by atoms with Crippen molar-refractivity contribution in [1.29, 1.82) is 0 Å². The Labute approximate surface area is 342 Å². The maximum atomic E-state index is 11.6. The molecule has 3 heterocycles. The van der Waals surface area contributed by atoms with Gasteiger partial charge in [-0.25, -0.2) is 4.98 Å². The van der Waals surface area contributed by atoms with Crippen LogP contribution in [0, 0.1) is 0 Å². The highest BCUT2D eigenvalue weighted by atomic mass is 16.3. The van der Waals surface area contributed by atoms with E-state index in [1.54, 1.807) is 0 Å². The van der Waals surface area contributed by atoms with Crippen LogP contribution in [0.15, 0.2) is 163 Å². The molecule has 0 atom stereocenters. The number of aromatic nitrogens is 5. The van der Waals surface area contributed by atoms with Crippen molar-refractivity contribution in [1.82, 2.24) is 24.1 Å². The highest BCUT2D eigenvalue weighted by Crippen LogP contribution is 2.49. The number of aliphatic hydroxyl groups is 3. The molecule has 3 aromatic heterocycles. The van der Waals surface area contributed by atoms with Crippen LogP contribution in [0.1, 0.15) is 30.8 Å². The first-order valence-corrected chi connectivity index (χ1v) is 19.3. The normalized spacial score (nSPS) is 14.1. The SMILES string of the molecule is [B]C(=C)/C([B])=C(O)\C(=C(\O)CO)c1nc(-c2ccc3c(c2)-c2ccccc2C3(C)C)nc(-n2c3ccccc3c3ccc4c(c5ccccc5n4-c4ccccc4)c32)n1. The van der Waals surface area contributed by atoms with Crippen molar-refractivity contribution in [3.05, 3.63) is 179 Å². The first kappa shape index (κ1) is 36.2. The lowest BCUT2D eigenvalue weighted by atomic mass is 9.76. The maximum Gasteiger partial charge on any atom is 0.238 e. The average Bonchev–Trinajstić information content (AvgIpc) is 3.86. The van der Waals surface area contributed by atoms with Crippen LogP contribution in [-0.4, -0.2) is 61.7 Å². The maximum absolute atomic E-state index is 11.6. The molecule has 6 aromatic carbocycles. The van der Waals surface area contributed by atoms with Gasteiger partial charge in [0.05, 0.1) is 22.1 Å². The van der Waals surface area contributed by atoms with Crippen molar-refractivity contribution >= 4 is 64.9 Å². The van der Waals surface area contributed by atoms with Crippen molar-refractivity contribution in [3.63, 3.8) is 0 Å². The number of aliphatic hydroxyl groups excluding tert-OH is 3. The number of nitrogens with zero attached hydrogens (tertiary/aromatic N) is 5. The Hall–Kier alpha value is -7.16. The largest absolute Gasteiger partial charge is 0.509 e. The zero-order chi connectivity index (χ0) is 40.7. The first-order chi connectivity index (χ1) is 28.6. The average molecular weight is 763 g/mol. The first-order valence-electron chi connectivity index (χ1n) is 19.3. The molecule has 1 aliphatic carbocycles. The molecular weight excluding hydrogens is 728 g/mol. The highest BCUT2D eigenvalue weighted by Gasteiger charge is 2.35. The lowest BCUT2D eigenvalue weighted by Crippen LogP contribution is -2.14. The molecule has 3 N–H and O–H groups in total. The number of fused-ring (bicyclic) bond motifs is 10. The summed E-state index contributed by atoms with van der Waals surface area (Å²) in [5, 5.41) is 37.1. The van der Waals surface area contributed by atoms with E-state index in [1.165, 1.54) is 11.1 Å². The predicted molar refractivity (Wildman–Crippen MR) is 238 cm³/mol. The second kappa shape index (κ2) is 13.5. The third-order valence-corrected chi connectivity index (χ3v) is 11.6. The van der Waals surface area contributed by atoms with E-state index >= 15 is 0 Å². The number of benzene rings is 6. The number of hydrogen-bond donors (Lipinski definition) is 3. The third kappa shape index (κ3) is 5.40. The molecule has 0 saturated carbocycles. The summed E-state index contributed by atoms with van der Waals surface area (Å²) in [6.45, 7) is 7.26. The zero-order valence-corrected chi connectivity index (χ0v) is 32.3. The number of allylic oxidation sites excluding steroid dienone is 3. The van der Waals surface area contributed by atoms with Gasteiger partial charge in [0.15, 0.2) is 11.6 Å². The minimum atomic E-state index is -0.847. The van der Waals surface area contributed by atoms with E-state index in [0.29, 0.717) is 5.56 Å². The smallest absolute Gasteiger partial charge is 0.238 e. The standard InChI is InChI=1S/C49H35B2N5O3/c1-27(50)43(51)45(59)42(40(58)26-57)47-52-46(28-21-23-36-34(25-28)30-15-7-10-18-35(30)49(36,2)3)53-48(54-47)56-37-19-11-8-16-31(37)32-22-24-39-41(44(32)56)33-17-9-12-20-38(33)55(39)29-13-5-4-6-14-29/h4-25,57-59H,1,26H2,2-3H3/b42-40-,45-43-. The van der Waals surface area contributed by atoms with Gasteiger partial charge < -0.3 is 19.9 Å². The van der Waals surface area contributed by atoms with E-state index in [4.69, 9.17) is 30.6 Å². The van der Waals surface area contributed by atoms with Gasteiger partial charge in [0.2, 0.25) is 5.95 Å². The van der Waals surface area contributed by atoms with Crippen LogP contribution in [-0.2, 0) is 5.41 Å². The van der Waals surface area contributed by atoms with Crippen molar-refractivity contribution < 1.29 is 15.3 Å². The number of para-hydroxylation sites is 3. The van der Waals surface area contributed by atoms with Gasteiger partial charge in [-0.3, -0.25) is 4.57 Å². The van der Waals surface area contributed by atoms with Crippen molar-refractivity contribution in [2.24, 2.45) is 0 Å². The summed E-state index contributed by atoms with van der Waals surface area (Å²) < 4.78 is 4.26. The Kier molecular flexibility index (Phi) is 8.26. The van der Waals surface area contributed by atoms with Gasteiger partial charge in [-0.15, -0.1) is 12.1 Å². The minimum Gasteiger partial charge on any atom is -0.509 e. The summed E-state index contributed by atoms with van der Waals surface area (Å²) in [4.78, 5) is 15.1. The Balaban J connectivity index is 1.34. The topological polar surface area (TPSA) is 109 Å². The number of rotatable bonds is 7. The van der Waals surface area contributed by atoms with Gasteiger partial charge in [-0.2, -0.15) is 9.97 Å². The zero-order valence-electron chi connectivity index (χ0n) is 32.3. The molecule has 0 fully saturated rings. The summed E-state index contributed by atoms with van der Waals surface area (Å²) in [5.74, 6) is -0.907. The molecular formula is C49H35B2N5O3. The van der Waals surface area contributed by atoms with E-state index in [2.05, 4.69) is 97.8 Å². The quantitative estimate of drug-likeness (QED) is 0.0848. The van der Waals surface area contributed by atoms with Crippen LogP contribution in [0.4, 0.5) is 0 Å². The predicted octanol–water partition coefficient (Wildman–Crippen LogP) is 9.92. The van der Waals surface area contributed by atoms with Crippen molar-refractivity contribution in [2.45, 2.75) is 19.3 Å². The molecule has 4 radical (unpaired) electrons. The molecule has 10 heteroatoms. The molecule has 0 aliphatic heterocycles. The lowest BCUT2D eigenvalue weighted by molar-refractivity contribution is 0.253. The summed E-state index contributed by atoms with van der Waals surface area (Å²) in [5.41, 5.74) is 8.98. The van der Waals surface area contributed by atoms with E-state index in [-0.39, 0.29) is 39.5 Å². The molecule has 10 rings (SSSR count). The Morgan fingerprint density at radius 3 is 2.07 bits per heavy atom. The molecule has 1 aliphatic rings. The van der Waals surface area contributed by atoms with Gasteiger partial charge in [0.1, 0.15) is 39.4 Å². The Morgan fingerprint density at radius 2 is 1.32 bits per heavy atom. The molecule has 8 nitrogen and oxygen atoms in total. The van der Waals surface area contributed by atoms with Crippen LogP contribution in [0.5, 0.6) is 0 Å². The third-order valence-electron chi connectivity index (χ3n) is 11.6. The van der Waals surface area contributed by atoms with Crippen LogP contribution in [0.3, 0.4) is 0 Å². The molecule has 0 spiro atoms. The van der Waals surface area contributed by atoms with E-state index in [9.17, 15) is 15.3 Å². The van der Waals surface area contributed by atoms with Gasteiger partial charge in [0, 0.05) is 38.2 Å². The molecule has 0 saturated heterocycles. The molecule has 0 bridgehead atoms. The van der Waals surface area contributed by atoms with E-state index in [0.717, 1.165) is 60.4 Å². The second-order valence-corrected chi connectivity index (χ2v) is 15.4. The minimum absolute atomic E-state index is 0.135. The Morgan fingerprint density at radius 1 is 0.661 bits per heavy atom. The highest BCUT2D eigenvalue weighted by molar-refractivity contribution is 6.37. The van der Waals surface area contributed by atoms with E-state index < -0.39 is 18.1 Å². The summed E-state index contributed by atoms with van der Waals surface area (Å²) in [7, 11) is 12.2. The van der Waals surface area contributed by atoms with Crippen molar-refractivity contribution in [3.8, 4) is 34.2 Å². The summed E-state index contributed by atoms with van der Waals surface area (Å²) in [6, 6.07) is 45.4. The fraction of sp³-hybridized carbons (Fsp3) is 0.0816.